The van der Waals surface area contributed by atoms with Crippen molar-refractivity contribution >= 4 is 21.6 Å². The number of sulfonamides is 1. The third kappa shape index (κ3) is 7.32. The van der Waals surface area contributed by atoms with E-state index in [-0.39, 0.29) is 29.6 Å². The van der Waals surface area contributed by atoms with Crippen molar-refractivity contribution in [2.75, 3.05) is 18.0 Å². The van der Waals surface area contributed by atoms with Gasteiger partial charge in [0.25, 0.3) is 10.0 Å². The molecule has 0 aromatic heterocycles. The minimum Gasteiger partial charge on any atom is -0.497 e. The van der Waals surface area contributed by atoms with Crippen LogP contribution in [0.4, 0.5) is 14.5 Å². The minimum atomic E-state index is -4.15. The second kappa shape index (κ2) is 12.4. The summed E-state index contributed by atoms with van der Waals surface area (Å²) in [4.78, 5) is 12.8. The van der Waals surface area contributed by atoms with Gasteiger partial charge in [0.05, 0.1) is 17.7 Å². The van der Waals surface area contributed by atoms with Gasteiger partial charge in [-0.1, -0.05) is 24.3 Å². The first kappa shape index (κ1) is 27.6. The van der Waals surface area contributed by atoms with E-state index in [0.29, 0.717) is 11.5 Å². The van der Waals surface area contributed by atoms with Crippen LogP contribution in [0.2, 0.25) is 0 Å². The summed E-state index contributed by atoms with van der Waals surface area (Å²) in [6, 6.07) is 23.7. The van der Waals surface area contributed by atoms with Gasteiger partial charge in [-0.3, -0.25) is 9.10 Å². The predicted molar refractivity (Wildman–Crippen MR) is 143 cm³/mol. The van der Waals surface area contributed by atoms with Gasteiger partial charge in [-0.05, 0) is 83.9 Å². The molecule has 0 radical (unpaired) electrons. The van der Waals surface area contributed by atoms with Gasteiger partial charge in [0.2, 0.25) is 5.91 Å². The minimum absolute atomic E-state index is 0.0448. The Morgan fingerprint density at radius 2 is 1.31 bits per heavy atom. The molecule has 0 spiro atoms. The van der Waals surface area contributed by atoms with Crippen molar-refractivity contribution in [2.45, 2.75) is 18.0 Å². The maximum Gasteiger partial charge on any atom is 0.264 e. The molecule has 0 aliphatic heterocycles. The summed E-state index contributed by atoms with van der Waals surface area (Å²) in [5.74, 6) is -0.318. The molecule has 0 saturated carbocycles. The van der Waals surface area contributed by atoms with Gasteiger partial charge in [0, 0.05) is 6.54 Å². The number of nitrogens with one attached hydrogen (secondary N) is 1. The molecule has 202 valence electrons. The molecule has 39 heavy (non-hydrogen) atoms. The first-order valence-electron chi connectivity index (χ1n) is 11.9. The average Bonchev–Trinajstić information content (AvgIpc) is 2.95. The number of ether oxygens (including phenoxy) is 2. The van der Waals surface area contributed by atoms with Crippen molar-refractivity contribution in [3.05, 3.63) is 120 Å². The second-order valence-corrected chi connectivity index (χ2v) is 10.4. The smallest absolute Gasteiger partial charge is 0.264 e. The van der Waals surface area contributed by atoms with E-state index in [1.54, 1.807) is 36.4 Å². The fraction of sp³-hybridized carbons (Fsp3) is 0.138. The SMILES string of the molecule is COc1ccc(S(=O)(=O)N(CC(=O)NCc2ccc(OCc3ccc(F)cc3)cc2)c2ccc(F)cc2)cc1. The Labute approximate surface area is 225 Å². The van der Waals surface area contributed by atoms with Gasteiger partial charge in [0.1, 0.15) is 36.3 Å². The summed E-state index contributed by atoms with van der Waals surface area (Å²) in [6.07, 6.45) is 0. The number of rotatable bonds is 11. The van der Waals surface area contributed by atoms with Crippen molar-refractivity contribution in [3.63, 3.8) is 0 Å². The van der Waals surface area contributed by atoms with E-state index in [1.165, 1.54) is 55.6 Å². The van der Waals surface area contributed by atoms with E-state index in [2.05, 4.69) is 5.32 Å². The number of hydrogen-bond acceptors (Lipinski definition) is 5. The van der Waals surface area contributed by atoms with E-state index in [0.717, 1.165) is 27.6 Å². The van der Waals surface area contributed by atoms with Crippen molar-refractivity contribution in [1.29, 1.82) is 0 Å². The van der Waals surface area contributed by atoms with Crippen molar-refractivity contribution < 1.29 is 31.5 Å². The number of benzene rings is 4. The number of amides is 1. The standard InChI is InChI=1S/C29H26F2N2O5S/c1-37-26-14-16-28(17-15-26)39(35,36)33(25-10-8-24(31)9-11-25)19-29(34)32-18-21-4-12-27(13-5-21)38-20-22-2-6-23(30)7-3-22/h2-17H,18-20H2,1H3,(H,32,34). The van der Waals surface area contributed by atoms with Gasteiger partial charge in [-0.25, -0.2) is 17.2 Å². The largest absolute Gasteiger partial charge is 0.497 e. The lowest BCUT2D eigenvalue weighted by molar-refractivity contribution is -0.119. The zero-order valence-corrected chi connectivity index (χ0v) is 21.8. The Bertz CT molecular complexity index is 1490. The lowest BCUT2D eigenvalue weighted by Crippen LogP contribution is -2.40. The average molecular weight is 553 g/mol. The Morgan fingerprint density at radius 1 is 0.769 bits per heavy atom. The molecule has 0 unspecified atom stereocenters. The van der Waals surface area contributed by atoms with Crippen LogP contribution in [0.15, 0.2) is 102 Å². The molecule has 1 N–H and O–H groups in total. The number of carbonyl (C=O) groups excluding carboxylic acids is 1. The molecule has 4 aromatic rings. The van der Waals surface area contributed by atoms with E-state index in [1.807, 2.05) is 0 Å². The van der Waals surface area contributed by atoms with E-state index < -0.39 is 28.3 Å². The van der Waals surface area contributed by atoms with Gasteiger partial charge < -0.3 is 14.8 Å². The molecule has 4 rings (SSSR count). The Kier molecular flexibility index (Phi) is 8.77. The topological polar surface area (TPSA) is 84.9 Å². The number of carbonyl (C=O) groups is 1. The van der Waals surface area contributed by atoms with E-state index in [9.17, 15) is 22.0 Å². The molecule has 0 atom stereocenters. The molecular weight excluding hydrogens is 526 g/mol. The molecule has 0 aliphatic carbocycles. The maximum atomic E-state index is 13.5. The third-order valence-corrected chi connectivity index (χ3v) is 7.57. The highest BCUT2D eigenvalue weighted by Crippen LogP contribution is 2.25. The molecule has 0 heterocycles. The van der Waals surface area contributed by atoms with E-state index in [4.69, 9.17) is 9.47 Å². The monoisotopic (exact) mass is 552 g/mol. The molecule has 4 aromatic carbocycles. The second-order valence-electron chi connectivity index (χ2n) is 8.50. The number of methoxy groups -OCH3 is 1. The highest BCUT2D eigenvalue weighted by Gasteiger charge is 2.27. The third-order valence-electron chi connectivity index (χ3n) is 5.78. The highest BCUT2D eigenvalue weighted by molar-refractivity contribution is 7.92. The molecule has 1 amide bonds. The molecule has 0 saturated heterocycles. The summed E-state index contributed by atoms with van der Waals surface area (Å²) in [5.41, 5.74) is 1.73. The highest BCUT2D eigenvalue weighted by atomic mass is 32.2. The lowest BCUT2D eigenvalue weighted by atomic mass is 10.2. The maximum absolute atomic E-state index is 13.5. The van der Waals surface area contributed by atoms with Crippen LogP contribution in [0.25, 0.3) is 0 Å². The van der Waals surface area contributed by atoms with Crippen molar-refractivity contribution in [1.82, 2.24) is 5.32 Å². The summed E-state index contributed by atoms with van der Waals surface area (Å²) in [7, 11) is -2.68. The number of nitrogens with zero attached hydrogens (tertiary/aromatic N) is 1. The van der Waals surface area contributed by atoms with Crippen molar-refractivity contribution in [2.24, 2.45) is 0 Å². The predicted octanol–water partition coefficient (Wildman–Crippen LogP) is 5.06. The Hall–Kier alpha value is -4.44. The van der Waals surface area contributed by atoms with Gasteiger partial charge in [-0.2, -0.15) is 0 Å². The van der Waals surface area contributed by atoms with Crippen LogP contribution < -0.4 is 19.1 Å². The zero-order chi connectivity index (χ0) is 27.8. The van der Waals surface area contributed by atoms with E-state index >= 15 is 0 Å². The van der Waals surface area contributed by atoms with Crippen LogP contribution in [0.3, 0.4) is 0 Å². The van der Waals surface area contributed by atoms with Gasteiger partial charge >= 0.3 is 0 Å². The summed E-state index contributed by atoms with van der Waals surface area (Å²) in [5, 5.41) is 2.72. The first-order valence-corrected chi connectivity index (χ1v) is 13.3. The van der Waals surface area contributed by atoms with Gasteiger partial charge in [0.15, 0.2) is 0 Å². The summed E-state index contributed by atoms with van der Waals surface area (Å²) in [6.45, 7) is -0.0893. The Morgan fingerprint density at radius 3 is 1.90 bits per heavy atom. The molecule has 0 fully saturated rings. The quantitative estimate of drug-likeness (QED) is 0.281. The molecule has 7 nitrogen and oxygen atoms in total. The summed E-state index contributed by atoms with van der Waals surface area (Å²) < 4.78 is 65.1. The van der Waals surface area contributed by atoms with Crippen molar-refractivity contribution in [3.8, 4) is 11.5 Å². The lowest BCUT2D eigenvalue weighted by Gasteiger charge is -2.24. The summed E-state index contributed by atoms with van der Waals surface area (Å²) >= 11 is 0. The van der Waals surface area contributed by atoms with Crippen LogP contribution >= 0.6 is 0 Å². The van der Waals surface area contributed by atoms with Crippen LogP contribution in [-0.4, -0.2) is 28.0 Å². The fourth-order valence-electron chi connectivity index (χ4n) is 3.64. The number of halogens is 2. The van der Waals surface area contributed by atoms with Crippen LogP contribution in [-0.2, 0) is 28.0 Å². The zero-order valence-electron chi connectivity index (χ0n) is 21.0. The van der Waals surface area contributed by atoms with Gasteiger partial charge in [-0.15, -0.1) is 0 Å². The van der Waals surface area contributed by atoms with Crippen LogP contribution in [0, 0.1) is 11.6 Å². The van der Waals surface area contributed by atoms with Crippen LogP contribution in [0.5, 0.6) is 11.5 Å². The molecule has 0 aliphatic rings. The normalized spacial score (nSPS) is 11.1. The Balaban J connectivity index is 1.40. The first-order chi connectivity index (χ1) is 18.7. The number of anilines is 1. The molecular formula is C29H26F2N2O5S. The molecule has 0 bridgehead atoms. The van der Waals surface area contributed by atoms with Crippen LogP contribution in [0.1, 0.15) is 11.1 Å². The number of hydrogen-bond donors (Lipinski definition) is 1. The fourth-order valence-corrected chi connectivity index (χ4v) is 5.06. The molecule has 10 heteroatoms.